The molecule has 0 spiro atoms. The minimum absolute atomic E-state index is 0.697. The highest BCUT2D eigenvalue weighted by atomic mass is 32.1. The van der Waals surface area contributed by atoms with Crippen molar-refractivity contribution in [2.75, 3.05) is 0 Å². The molecule has 51 heavy (non-hydrogen) atoms. The minimum Gasteiger partial charge on any atom is -0.277 e. The first-order valence-corrected chi connectivity index (χ1v) is 20.2. The first kappa shape index (κ1) is 28.7. The molecule has 11 rings (SSSR count). The highest BCUT2D eigenvalue weighted by Gasteiger charge is 2.51. The smallest absolute Gasteiger partial charge is 0.235 e. The van der Waals surface area contributed by atoms with Gasteiger partial charge < -0.3 is 0 Å². The molecule has 0 fully saturated rings. The fourth-order valence-electron chi connectivity index (χ4n) is 8.67. The molecule has 1 aliphatic heterocycles. The topological polar surface area (TPSA) is 30.7 Å². The summed E-state index contributed by atoms with van der Waals surface area (Å²) in [6.07, 6.45) is 0. The van der Waals surface area contributed by atoms with Crippen LogP contribution in [0.4, 0.5) is 0 Å². The lowest BCUT2D eigenvalue weighted by molar-refractivity contribution is 1.00. The van der Waals surface area contributed by atoms with E-state index >= 15 is 0 Å². The maximum atomic E-state index is 5.75. The molecule has 0 atom stereocenters. The van der Waals surface area contributed by atoms with Crippen LogP contribution in [0.3, 0.4) is 0 Å². The summed E-state index contributed by atoms with van der Waals surface area (Å²) in [4.78, 5) is 11.5. The highest BCUT2D eigenvalue weighted by molar-refractivity contribution is 7.26. The molecule has 1 aliphatic rings. The van der Waals surface area contributed by atoms with E-state index in [0.29, 0.717) is 5.95 Å². The lowest BCUT2D eigenvalue weighted by atomic mass is 10.1. The molecule has 7 aromatic carbocycles. The van der Waals surface area contributed by atoms with Crippen LogP contribution in [0.15, 0.2) is 176 Å². The predicted molar refractivity (Wildman–Crippen MR) is 217 cm³/mol. The van der Waals surface area contributed by atoms with E-state index in [2.05, 4.69) is 180 Å². The van der Waals surface area contributed by atoms with Gasteiger partial charge in [-0.2, -0.15) is 0 Å². The number of hydrogen-bond acceptors (Lipinski definition) is 3. The number of para-hydroxylation sites is 1. The number of fused-ring (bicyclic) bond motifs is 10. The van der Waals surface area contributed by atoms with Crippen molar-refractivity contribution in [1.29, 1.82) is 0 Å². The van der Waals surface area contributed by atoms with Gasteiger partial charge in [-0.1, -0.05) is 158 Å². The second-order valence-corrected chi connectivity index (χ2v) is 18.1. The van der Waals surface area contributed by atoms with Crippen LogP contribution in [-0.4, -0.2) is 22.6 Å². The Morgan fingerprint density at radius 2 is 1.08 bits per heavy atom. The van der Waals surface area contributed by atoms with Gasteiger partial charge in [0.25, 0.3) is 0 Å². The summed E-state index contributed by atoms with van der Waals surface area (Å²) in [5.74, 6) is 0.697. The minimum atomic E-state index is -2.87. The Kier molecular flexibility index (Phi) is 6.14. The maximum Gasteiger partial charge on any atom is 0.235 e. The van der Waals surface area contributed by atoms with E-state index < -0.39 is 8.07 Å². The third-order valence-electron chi connectivity index (χ3n) is 10.7. The molecule has 238 valence electrons. The normalized spacial score (nSPS) is 13.3. The first-order chi connectivity index (χ1) is 25.3. The lowest BCUT2D eigenvalue weighted by Gasteiger charge is -2.32. The lowest BCUT2D eigenvalue weighted by Crippen LogP contribution is -2.73. The molecule has 0 bridgehead atoms. The summed E-state index contributed by atoms with van der Waals surface area (Å²) in [5.41, 5.74) is 6.59. The SMILES string of the molecule is c1ccc(-c2nc(-n3c4ccccc4c4ccc5sc6ccccc6c5c43)nc3c2[Si](c2ccccc2)(c2ccccc2)c2ccccc2-3)cc1. The number of thiophene rings is 1. The molecular weight excluding hydrogens is 655 g/mol. The van der Waals surface area contributed by atoms with E-state index in [1.807, 2.05) is 11.3 Å². The summed E-state index contributed by atoms with van der Waals surface area (Å²) in [5, 5.41) is 10.2. The molecule has 3 nitrogen and oxygen atoms in total. The van der Waals surface area contributed by atoms with Crippen LogP contribution in [0.5, 0.6) is 0 Å². The molecule has 3 aromatic heterocycles. The van der Waals surface area contributed by atoms with E-state index in [4.69, 9.17) is 9.97 Å². The Morgan fingerprint density at radius 1 is 0.471 bits per heavy atom. The average Bonchev–Trinajstić information content (AvgIpc) is 3.85. The van der Waals surface area contributed by atoms with Crippen LogP contribution in [-0.2, 0) is 0 Å². The summed E-state index contributed by atoms with van der Waals surface area (Å²) >= 11 is 1.85. The Labute approximate surface area is 299 Å². The largest absolute Gasteiger partial charge is 0.277 e. The molecule has 0 aliphatic carbocycles. The molecule has 4 heterocycles. The van der Waals surface area contributed by atoms with Gasteiger partial charge in [0.1, 0.15) is 0 Å². The number of nitrogens with zero attached hydrogens (tertiary/aromatic N) is 3. The van der Waals surface area contributed by atoms with E-state index in [1.165, 1.54) is 57.3 Å². The van der Waals surface area contributed by atoms with Gasteiger partial charge in [0.2, 0.25) is 5.95 Å². The van der Waals surface area contributed by atoms with Gasteiger partial charge in [0, 0.05) is 47.3 Å². The van der Waals surface area contributed by atoms with Gasteiger partial charge in [0.05, 0.1) is 22.4 Å². The monoisotopic (exact) mass is 683 g/mol. The van der Waals surface area contributed by atoms with Gasteiger partial charge in [-0.15, -0.1) is 11.3 Å². The number of rotatable bonds is 4. The molecule has 0 unspecified atom stereocenters. The average molecular weight is 684 g/mol. The zero-order chi connectivity index (χ0) is 33.5. The van der Waals surface area contributed by atoms with Crippen molar-refractivity contribution in [1.82, 2.24) is 14.5 Å². The van der Waals surface area contributed by atoms with Gasteiger partial charge in [-0.25, -0.2) is 9.97 Å². The quantitative estimate of drug-likeness (QED) is 0.174. The second kappa shape index (κ2) is 10.9. The molecule has 0 saturated heterocycles. The number of benzene rings is 7. The summed E-state index contributed by atoms with van der Waals surface area (Å²) < 4.78 is 4.89. The van der Waals surface area contributed by atoms with Crippen molar-refractivity contribution in [3.63, 3.8) is 0 Å². The van der Waals surface area contributed by atoms with Crippen molar-refractivity contribution in [2.24, 2.45) is 0 Å². The van der Waals surface area contributed by atoms with Gasteiger partial charge in [-0.05, 0) is 33.8 Å². The van der Waals surface area contributed by atoms with Crippen molar-refractivity contribution >= 4 is 82.1 Å². The second-order valence-electron chi connectivity index (χ2n) is 13.3. The zero-order valence-electron chi connectivity index (χ0n) is 27.5. The van der Waals surface area contributed by atoms with E-state index in [9.17, 15) is 0 Å². The number of aromatic nitrogens is 3. The van der Waals surface area contributed by atoms with Crippen LogP contribution in [0, 0.1) is 0 Å². The summed E-state index contributed by atoms with van der Waals surface area (Å²) in [7, 11) is -2.87. The molecule has 10 aromatic rings. The molecule has 0 amide bonds. The van der Waals surface area contributed by atoms with Crippen LogP contribution >= 0.6 is 11.3 Å². The number of hydrogen-bond donors (Lipinski definition) is 0. The zero-order valence-corrected chi connectivity index (χ0v) is 29.3. The standard InChI is InChI=1S/C46H29N3SSi/c1-4-16-30(17-5-1)42-45-43(36-24-12-15-27-40(36)51(45,31-18-6-2-7-19-31)32-20-8-3-9-21-32)48-46(47-42)49-37-25-13-10-22-33(37)34-28-29-39-41(44(34)49)35-23-11-14-26-38(35)50-39/h1-29H. The Hall–Kier alpha value is -6.14. The predicted octanol–water partition coefficient (Wildman–Crippen LogP) is 8.97. The molecule has 0 saturated carbocycles. The first-order valence-electron chi connectivity index (χ1n) is 17.3. The molecule has 0 N–H and O–H groups in total. The fourth-order valence-corrected chi connectivity index (χ4v) is 15.0. The fraction of sp³-hybridized carbons (Fsp3) is 0. The van der Waals surface area contributed by atoms with Crippen LogP contribution in [0.1, 0.15) is 0 Å². The third-order valence-corrected chi connectivity index (χ3v) is 16.7. The summed E-state index contributed by atoms with van der Waals surface area (Å²) in [6.45, 7) is 0. The van der Waals surface area contributed by atoms with Gasteiger partial charge in [-0.3, -0.25) is 4.57 Å². The third kappa shape index (κ3) is 3.93. The van der Waals surface area contributed by atoms with E-state index in [1.54, 1.807) is 0 Å². The van der Waals surface area contributed by atoms with E-state index in [0.717, 1.165) is 28.0 Å². The molecular formula is C46H29N3SSi. The van der Waals surface area contributed by atoms with Crippen LogP contribution < -0.4 is 20.7 Å². The Bertz CT molecular complexity index is 2930. The van der Waals surface area contributed by atoms with Crippen molar-refractivity contribution in [3.8, 4) is 28.5 Å². The van der Waals surface area contributed by atoms with Crippen molar-refractivity contribution in [3.05, 3.63) is 176 Å². The van der Waals surface area contributed by atoms with Crippen LogP contribution in [0.2, 0.25) is 0 Å². The van der Waals surface area contributed by atoms with E-state index in [-0.39, 0.29) is 0 Å². The highest BCUT2D eigenvalue weighted by Crippen LogP contribution is 2.43. The van der Waals surface area contributed by atoms with Crippen molar-refractivity contribution < 1.29 is 0 Å². The van der Waals surface area contributed by atoms with Gasteiger partial charge in [0.15, 0.2) is 8.07 Å². The maximum absolute atomic E-state index is 5.75. The molecule has 5 heteroatoms. The molecule has 0 radical (unpaired) electrons. The Morgan fingerprint density at radius 3 is 1.84 bits per heavy atom. The van der Waals surface area contributed by atoms with Crippen molar-refractivity contribution in [2.45, 2.75) is 0 Å². The Balaban J connectivity index is 1.35. The summed E-state index contributed by atoms with van der Waals surface area (Å²) in [6, 6.07) is 64.0. The van der Waals surface area contributed by atoms with Crippen LogP contribution in [0.25, 0.3) is 70.4 Å². The van der Waals surface area contributed by atoms with Gasteiger partial charge >= 0.3 is 0 Å².